The lowest BCUT2D eigenvalue weighted by atomic mass is 10.2. The van der Waals surface area contributed by atoms with E-state index in [1.165, 1.54) is 0 Å². The third-order valence-electron chi connectivity index (χ3n) is 2.46. The van der Waals surface area contributed by atoms with E-state index in [0.717, 1.165) is 35.7 Å². The molecule has 0 amide bonds. The van der Waals surface area contributed by atoms with Gasteiger partial charge in [-0.15, -0.1) is 0 Å². The summed E-state index contributed by atoms with van der Waals surface area (Å²) in [5, 5.41) is 3.06. The van der Waals surface area contributed by atoms with E-state index in [2.05, 4.69) is 27.2 Å². The topological polar surface area (TPSA) is 50.7 Å². The number of rotatable bonds is 4. The van der Waals surface area contributed by atoms with E-state index in [0.29, 0.717) is 0 Å². The summed E-state index contributed by atoms with van der Waals surface area (Å²) in [5.41, 5.74) is 2.01. The number of aromatic nitrogens is 3. The van der Waals surface area contributed by atoms with Crippen LogP contribution in [0.15, 0.2) is 30.6 Å². The molecule has 0 aliphatic rings. The van der Waals surface area contributed by atoms with Crippen molar-refractivity contribution in [2.45, 2.75) is 19.8 Å². The zero-order valence-electron chi connectivity index (χ0n) is 10.1. The Hall–Kier alpha value is -1.97. The van der Waals surface area contributed by atoms with Gasteiger partial charge in [0.1, 0.15) is 5.82 Å². The average molecular weight is 228 g/mol. The molecule has 0 unspecified atom stereocenters. The number of nitrogens with one attached hydrogen (secondary N) is 1. The lowest BCUT2D eigenvalue weighted by Crippen LogP contribution is -2.01. The molecule has 0 fully saturated rings. The van der Waals surface area contributed by atoms with Gasteiger partial charge >= 0.3 is 0 Å². The van der Waals surface area contributed by atoms with Gasteiger partial charge in [-0.25, -0.2) is 9.97 Å². The summed E-state index contributed by atoms with van der Waals surface area (Å²) in [4.78, 5) is 13.1. The first-order chi connectivity index (χ1) is 8.33. The van der Waals surface area contributed by atoms with Gasteiger partial charge in [0, 0.05) is 36.8 Å². The second-order valence-electron chi connectivity index (χ2n) is 3.81. The highest BCUT2D eigenvalue weighted by Crippen LogP contribution is 2.17. The summed E-state index contributed by atoms with van der Waals surface area (Å²) in [6.45, 7) is 2.14. The molecular weight excluding hydrogens is 212 g/mol. The van der Waals surface area contributed by atoms with Crippen molar-refractivity contribution in [3.63, 3.8) is 0 Å². The first-order valence-corrected chi connectivity index (χ1v) is 5.79. The Morgan fingerprint density at radius 3 is 2.82 bits per heavy atom. The fourth-order valence-corrected chi connectivity index (χ4v) is 1.63. The van der Waals surface area contributed by atoms with Crippen LogP contribution < -0.4 is 5.32 Å². The van der Waals surface area contributed by atoms with Crippen LogP contribution in [0.1, 0.15) is 19.0 Å². The smallest absolute Gasteiger partial charge is 0.163 e. The fourth-order valence-electron chi connectivity index (χ4n) is 1.63. The minimum atomic E-state index is 0.730. The van der Waals surface area contributed by atoms with Crippen molar-refractivity contribution < 1.29 is 0 Å². The van der Waals surface area contributed by atoms with E-state index in [1.807, 2.05) is 25.2 Å². The molecule has 1 N–H and O–H groups in total. The molecule has 2 heterocycles. The predicted octanol–water partition coefficient (Wildman–Crippen LogP) is 2.53. The largest absolute Gasteiger partial charge is 0.373 e. The lowest BCUT2D eigenvalue weighted by molar-refractivity contribution is 0.876. The molecule has 0 radical (unpaired) electrons. The van der Waals surface area contributed by atoms with Crippen molar-refractivity contribution in [3.8, 4) is 11.4 Å². The van der Waals surface area contributed by atoms with Gasteiger partial charge in [-0.05, 0) is 18.6 Å². The Morgan fingerprint density at radius 1 is 1.29 bits per heavy atom. The van der Waals surface area contributed by atoms with Gasteiger partial charge in [0.15, 0.2) is 5.82 Å². The van der Waals surface area contributed by atoms with Crippen LogP contribution in [0.4, 0.5) is 5.82 Å². The van der Waals surface area contributed by atoms with Crippen LogP contribution in [0.25, 0.3) is 11.4 Å². The Labute approximate surface area is 101 Å². The summed E-state index contributed by atoms with van der Waals surface area (Å²) >= 11 is 0. The first kappa shape index (κ1) is 11.5. The highest BCUT2D eigenvalue weighted by Gasteiger charge is 2.05. The van der Waals surface area contributed by atoms with E-state index in [4.69, 9.17) is 0 Å². The molecule has 0 spiro atoms. The van der Waals surface area contributed by atoms with Crippen LogP contribution in [-0.4, -0.2) is 22.0 Å². The average Bonchev–Trinajstić information content (AvgIpc) is 2.40. The predicted molar refractivity (Wildman–Crippen MR) is 68.8 cm³/mol. The standard InChI is InChI=1S/C13H16N4/c1-3-5-11-8-12(14-2)17-13(16-11)10-6-4-7-15-9-10/h4,6-9H,3,5H2,1-2H3,(H,14,16,17). The van der Waals surface area contributed by atoms with Gasteiger partial charge < -0.3 is 5.32 Å². The Bertz CT molecular complexity index is 482. The monoisotopic (exact) mass is 228 g/mol. The molecule has 0 aliphatic heterocycles. The summed E-state index contributed by atoms with van der Waals surface area (Å²) in [5.74, 6) is 1.58. The van der Waals surface area contributed by atoms with E-state index in [1.54, 1.807) is 12.4 Å². The highest BCUT2D eigenvalue weighted by atomic mass is 15.0. The van der Waals surface area contributed by atoms with Crippen LogP contribution in [0.5, 0.6) is 0 Å². The van der Waals surface area contributed by atoms with E-state index in [-0.39, 0.29) is 0 Å². The summed E-state index contributed by atoms with van der Waals surface area (Å²) in [6.07, 6.45) is 5.57. The zero-order chi connectivity index (χ0) is 12.1. The molecule has 2 aromatic heterocycles. The fraction of sp³-hybridized carbons (Fsp3) is 0.308. The van der Waals surface area contributed by atoms with Crippen LogP contribution in [-0.2, 0) is 6.42 Å². The molecule has 0 bridgehead atoms. The molecule has 4 nitrogen and oxygen atoms in total. The number of hydrogen-bond donors (Lipinski definition) is 1. The second-order valence-corrected chi connectivity index (χ2v) is 3.81. The maximum absolute atomic E-state index is 4.55. The van der Waals surface area contributed by atoms with E-state index >= 15 is 0 Å². The van der Waals surface area contributed by atoms with Gasteiger partial charge in [0.25, 0.3) is 0 Å². The number of aryl methyl sites for hydroxylation is 1. The summed E-state index contributed by atoms with van der Waals surface area (Å²) in [7, 11) is 1.87. The zero-order valence-corrected chi connectivity index (χ0v) is 10.1. The Balaban J connectivity index is 2.43. The van der Waals surface area contributed by atoms with Gasteiger partial charge in [0.05, 0.1) is 0 Å². The van der Waals surface area contributed by atoms with Gasteiger partial charge in [-0.1, -0.05) is 13.3 Å². The molecule has 17 heavy (non-hydrogen) atoms. The highest BCUT2D eigenvalue weighted by molar-refractivity contribution is 5.56. The molecule has 88 valence electrons. The molecule has 4 heteroatoms. The van der Waals surface area contributed by atoms with Crippen molar-refractivity contribution in [2.24, 2.45) is 0 Å². The number of anilines is 1. The maximum atomic E-state index is 4.55. The minimum absolute atomic E-state index is 0.730. The van der Waals surface area contributed by atoms with Crippen molar-refractivity contribution in [1.82, 2.24) is 15.0 Å². The van der Waals surface area contributed by atoms with Crippen LogP contribution in [0.3, 0.4) is 0 Å². The molecule has 2 aromatic rings. The Kier molecular flexibility index (Phi) is 3.65. The normalized spacial score (nSPS) is 10.2. The first-order valence-electron chi connectivity index (χ1n) is 5.79. The quantitative estimate of drug-likeness (QED) is 0.873. The van der Waals surface area contributed by atoms with Gasteiger partial charge in [-0.3, -0.25) is 4.98 Å². The second kappa shape index (κ2) is 5.39. The number of pyridine rings is 1. The van der Waals surface area contributed by atoms with E-state index < -0.39 is 0 Å². The summed E-state index contributed by atoms with van der Waals surface area (Å²) in [6, 6.07) is 5.85. The summed E-state index contributed by atoms with van der Waals surface area (Å²) < 4.78 is 0. The van der Waals surface area contributed by atoms with Gasteiger partial charge in [0.2, 0.25) is 0 Å². The minimum Gasteiger partial charge on any atom is -0.373 e. The SMILES string of the molecule is CCCc1cc(NC)nc(-c2cccnc2)n1. The van der Waals surface area contributed by atoms with Gasteiger partial charge in [-0.2, -0.15) is 0 Å². The van der Waals surface area contributed by atoms with Crippen molar-refractivity contribution in [1.29, 1.82) is 0 Å². The molecule has 0 atom stereocenters. The third kappa shape index (κ3) is 2.78. The third-order valence-corrected chi connectivity index (χ3v) is 2.46. The van der Waals surface area contributed by atoms with Crippen molar-refractivity contribution in [2.75, 3.05) is 12.4 Å². The molecule has 0 saturated heterocycles. The molecule has 0 aliphatic carbocycles. The molecule has 0 saturated carbocycles. The van der Waals surface area contributed by atoms with Crippen LogP contribution in [0, 0.1) is 0 Å². The Morgan fingerprint density at radius 2 is 2.18 bits per heavy atom. The number of nitrogens with zero attached hydrogens (tertiary/aromatic N) is 3. The lowest BCUT2D eigenvalue weighted by Gasteiger charge is -2.06. The number of hydrogen-bond acceptors (Lipinski definition) is 4. The molecule has 2 rings (SSSR count). The van der Waals surface area contributed by atoms with Crippen molar-refractivity contribution >= 4 is 5.82 Å². The van der Waals surface area contributed by atoms with E-state index in [9.17, 15) is 0 Å². The molecule has 0 aromatic carbocycles. The molecular formula is C13H16N4. The van der Waals surface area contributed by atoms with Crippen molar-refractivity contribution in [3.05, 3.63) is 36.3 Å². The maximum Gasteiger partial charge on any atom is 0.163 e. The van der Waals surface area contributed by atoms with Crippen LogP contribution in [0.2, 0.25) is 0 Å². The van der Waals surface area contributed by atoms with Crippen LogP contribution >= 0.6 is 0 Å².